The van der Waals surface area contributed by atoms with Crippen LogP contribution >= 0.6 is 0 Å². The van der Waals surface area contributed by atoms with E-state index >= 15 is 0 Å². The molecule has 52 heavy (non-hydrogen) atoms. The van der Waals surface area contributed by atoms with Gasteiger partial charge in [0.2, 0.25) is 0 Å². The van der Waals surface area contributed by atoms with Crippen molar-refractivity contribution in [3.05, 3.63) is 167 Å². The highest BCUT2D eigenvalue weighted by Crippen LogP contribution is 2.48. The Kier molecular flexibility index (Phi) is 8.33. The molecule has 6 aromatic rings. The van der Waals surface area contributed by atoms with E-state index < -0.39 is 11.3 Å². The quantitative estimate of drug-likeness (QED) is 0.163. The standard InChI is InChI=1S/C45H42N4O3/c1-31(32-14-6-2-7-15-32)46-43(50)40-28-34-29-41-38(30-39(34)47-40)42(33-22-24-44(25-23-33)51-26-27-52-44)48-49(41)45(35-16-8-3-9-17-35,36-18-10-4-11-19-36)37-20-12-5-13-21-37/h2-21,29-31,33H,22-28H2,1H3,(H,46,50)/t31-/m1/s1. The van der Waals surface area contributed by atoms with Gasteiger partial charge in [-0.3, -0.25) is 4.79 Å². The molecule has 0 bridgehead atoms. The minimum absolute atomic E-state index is 0.134. The number of amides is 1. The van der Waals surface area contributed by atoms with Gasteiger partial charge in [0.05, 0.1) is 36.2 Å². The molecule has 1 saturated heterocycles. The molecule has 1 atom stereocenters. The number of rotatable bonds is 8. The molecular formula is C45H42N4O3. The van der Waals surface area contributed by atoms with Crippen LogP contribution in [0.25, 0.3) is 10.9 Å². The van der Waals surface area contributed by atoms with Crippen molar-refractivity contribution in [2.24, 2.45) is 4.99 Å². The van der Waals surface area contributed by atoms with Crippen LogP contribution in [0.5, 0.6) is 0 Å². The van der Waals surface area contributed by atoms with Gasteiger partial charge in [0.15, 0.2) is 5.79 Å². The monoisotopic (exact) mass is 686 g/mol. The molecule has 0 unspecified atom stereocenters. The molecule has 260 valence electrons. The fourth-order valence-electron chi connectivity index (χ4n) is 8.64. The summed E-state index contributed by atoms with van der Waals surface area (Å²) in [7, 11) is 0. The second-order valence-electron chi connectivity index (χ2n) is 14.3. The molecule has 5 aromatic carbocycles. The van der Waals surface area contributed by atoms with E-state index in [1.165, 1.54) is 0 Å². The van der Waals surface area contributed by atoms with Gasteiger partial charge < -0.3 is 14.8 Å². The van der Waals surface area contributed by atoms with Crippen LogP contribution in [0.15, 0.2) is 138 Å². The number of carbonyl (C=O) groups excluding carboxylic acids is 1. The predicted molar refractivity (Wildman–Crippen MR) is 204 cm³/mol. The molecule has 2 aliphatic heterocycles. The summed E-state index contributed by atoms with van der Waals surface area (Å²) in [5.74, 6) is -0.401. The van der Waals surface area contributed by atoms with Gasteiger partial charge in [-0.2, -0.15) is 5.10 Å². The van der Waals surface area contributed by atoms with Gasteiger partial charge in [-0.15, -0.1) is 0 Å². The Hall–Kier alpha value is -5.37. The average molecular weight is 687 g/mol. The second kappa shape index (κ2) is 13.3. The first kappa shape index (κ1) is 32.5. The highest BCUT2D eigenvalue weighted by atomic mass is 16.7. The first-order chi connectivity index (χ1) is 25.5. The number of benzene rings is 5. The molecule has 3 aliphatic rings. The lowest BCUT2D eigenvalue weighted by molar-refractivity contribution is -0.178. The van der Waals surface area contributed by atoms with Crippen molar-refractivity contribution >= 4 is 28.2 Å². The molecule has 1 N–H and O–H groups in total. The number of hydrogen-bond acceptors (Lipinski definition) is 5. The minimum Gasteiger partial charge on any atom is -0.348 e. The molecule has 1 saturated carbocycles. The molecule has 7 nitrogen and oxygen atoms in total. The highest BCUT2D eigenvalue weighted by Gasteiger charge is 2.44. The Morgan fingerprint density at radius 2 is 1.33 bits per heavy atom. The second-order valence-corrected chi connectivity index (χ2v) is 14.3. The largest absolute Gasteiger partial charge is 0.348 e. The topological polar surface area (TPSA) is 77.7 Å². The van der Waals surface area contributed by atoms with Crippen LogP contribution in [0.1, 0.15) is 78.1 Å². The molecule has 1 aliphatic carbocycles. The van der Waals surface area contributed by atoms with Crippen molar-refractivity contribution in [2.45, 2.75) is 62.3 Å². The van der Waals surface area contributed by atoms with Crippen molar-refractivity contribution in [3.63, 3.8) is 0 Å². The maximum absolute atomic E-state index is 13.7. The third-order valence-corrected chi connectivity index (χ3v) is 11.3. The van der Waals surface area contributed by atoms with E-state index in [-0.39, 0.29) is 17.9 Å². The van der Waals surface area contributed by atoms with Crippen molar-refractivity contribution in [1.29, 1.82) is 0 Å². The molecule has 1 aromatic heterocycles. The Labute approximate surface area is 304 Å². The third kappa shape index (κ3) is 5.56. The van der Waals surface area contributed by atoms with Crippen molar-refractivity contribution < 1.29 is 14.3 Å². The van der Waals surface area contributed by atoms with E-state index in [1.807, 2.05) is 37.3 Å². The van der Waals surface area contributed by atoms with E-state index in [0.717, 1.165) is 75.8 Å². The van der Waals surface area contributed by atoms with Crippen LogP contribution in [-0.4, -0.2) is 40.4 Å². The molecule has 9 rings (SSSR count). The minimum atomic E-state index is -0.785. The Balaban J connectivity index is 1.21. The number of fused-ring (bicyclic) bond motifs is 2. The normalized spacial score (nSPS) is 17.6. The average Bonchev–Trinajstić information content (AvgIpc) is 3.94. The molecular weight excluding hydrogens is 645 g/mol. The van der Waals surface area contributed by atoms with Gasteiger partial charge >= 0.3 is 0 Å². The van der Waals surface area contributed by atoms with Crippen LogP contribution in [0.2, 0.25) is 0 Å². The fourth-order valence-corrected chi connectivity index (χ4v) is 8.64. The summed E-state index contributed by atoms with van der Waals surface area (Å²) in [5.41, 5.74) is 8.10. The van der Waals surface area contributed by atoms with Crippen LogP contribution in [0, 0.1) is 0 Å². The summed E-state index contributed by atoms with van der Waals surface area (Å²) in [6, 6.07) is 46.4. The number of ether oxygens (including phenoxy) is 2. The van der Waals surface area contributed by atoms with Crippen LogP contribution in [-0.2, 0) is 26.2 Å². The molecule has 3 heterocycles. The lowest BCUT2D eigenvalue weighted by Crippen LogP contribution is -2.39. The summed E-state index contributed by atoms with van der Waals surface area (Å²) in [5, 5.41) is 9.96. The summed E-state index contributed by atoms with van der Waals surface area (Å²) >= 11 is 0. The zero-order valence-corrected chi connectivity index (χ0v) is 29.4. The lowest BCUT2D eigenvalue weighted by atomic mass is 9.77. The van der Waals surface area contributed by atoms with E-state index in [4.69, 9.17) is 19.6 Å². The van der Waals surface area contributed by atoms with E-state index in [1.54, 1.807) is 0 Å². The number of carbonyl (C=O) groups is 1. The van der Waals surface area contributed by atoms with E-state index in [0.29, 0.717) is 25.3 Å². The van der Waals surface area contributed by atoms with Gasteiger partial charge in [-0.05, 0) is 59.7 Å². The van der Waals surface area contributed by atoms with Gasteiger partial charge in [0.25, 0.3) is 5.91 Å². The fraction of sp³-hybridized carbons (Fsp3) is 0.267. The predicted octanol–water partition coefficient (Wildman–Crippen LogP) is 8.78. The molecule has 1 amide bonds. The highest BCUT2D eigenvalue weighted by molar-refractivity contribution is 6.41. The van der Waals surface area contributed by atoms with Crippen LogP contribution in [0.4, 0.5) is 5.69 Å². The SMILES string of the molecule is C[C@@H](NC(=O)C1=Nc2cc3c(C4CCC5(CC4)OCCO5)nn(C(c4ccccc4)(c4ccccc4)c4ccccc4)c3cc2C1)c1ccccc1. The zero-order valence-electron chi connectivity index (χ0n) is 29.4. The first-order valence-corrected chi connectivity index (χ1v) is 18.5. The molecule has 1 spiro atoms. The lowest BCUT2D eigenvalue weighted by Gasteiger charge is -2.37. The number of aliphatic imine (C=N–C) groups is 1. The summed E-state index contributed by atoms with van der Waals surface area (Å²) in [6.07, 6.45) is 3.94. The van der Waals surface area contributed by atoms with Gasteiger partial charge in [0, 0.05) is 30.6 Å². The Morgan fingerprint density at radius 1 is 0.788 bits per heavy atom. The molecule has 2 fully saturated rings. The summed E-state index contributed by atoms with van der Waals surface area (Å²) in [6.45, 7) is 3.32. The van der Waals surface area contributed by atoms with Crippen molar-refractivity contribution in [1.82, 2.24) is 15.1 Å². The number of hydrogen-bond donors (Lipinski definition) is 1. The van der Waals surface area contributed by atoms with Gasteiger partial charge in [0.1, 0.15) is 11.3 Å². The van der Waals surface area contributed by atoms with Crippen LogP contribution in [0.3, 0.4) is 0 Å². The number of nitrogens with one attached hydrogen (secondary N) is 1. The maximum Gasteiger partial charge on any atom is 0.266 e. The smallest absolute Gasteiger partial charge is 0.266 e. The van der Waals surface area contributed by atoms with Gasteiger partial charge in [-0.25, -0.2) is 9.67 Å². The van der Waals surface area contributed by atoms with E-state index in [2.05, 4.69) is 113 Å². The number of nitrogens with zero attached hydrogens (tertiary/aromatic N) is 3. The third-order valence-electron chi connectivity index (χ3n) is 11.3. The van der Waals surface area contributed by atoms with Crippen molar-refractivity contribution in [2.75, 3.05) is 13.2 Å². The first-order valence-electron chi connectivity index (χ1n) is 18.5. The summed E-state index contributed by atoms with van der Waals surface area (Å²) in [4.78, 5) is 18.6. The summed E-state index contributed by atoms with van der Waals surface area (Å²) < 4.78 is 14.5. The van der Waals surface area contributed by atoms with Crippen molar-refractivity contribution in [3.8, 4) is 0 Å². The Bertz CT molecular complexity index is 2140. The zero-order chi connectivity index (χ0) is 35.1. The van der Waals surface area contributed by atoms with Gasteiger partial charge in [-0.1, -0.05) is 121 Å². The molecule has 0 radical (unpaired) electrons. The Morgan fingerprint density at radius 3 is 1.88 bits per heavy atom. The number of aromatic nitrogens is 2. The maximum atomic E-state index is 13.7. The van der Waals surface area contributed by atoms with Crippen LogP contribution < -0.4 is 5.32 Å². The van der Waals surface area contributed by atoms with E-state index in [9.17, 15) is 4.79 Å². The molecule has 7 heteroatoms.